The quantitative estimate of drug-likeness (QED) is 0.853. The highest BCUT2D eigenvalue weighted by Gasteiger charge is 2.46. The van der Waals surface area contributed by atoms with E-state index in [9.17, 15) is 9.59 Å². The number of piperidine rings is 1. The molecule has 0 aliphatic carbocycles. The molecular weight excluding hydrogens is 340 g/mol. The van der Waals surface area contributed by atoms with E-state index >= 15 is 0 Å². The molecule has 2 amide bonds. The molecule has 2 saturated heterocycles. The Hall–Kier alpha value is -2.63. The SMILES string of the molecule is O=C1NC2(CCN(C(=O)CCCc3cn[nH]c3)CC2)C[C@@H]1c1ccccc1. The Labute approximate surface area is 159 Å². The van der Waals surface area contributed by atoms with Gasteiger partial charge in [0.25, 0.3) is 0 Å². The van der Waals surface area contributed by atoms with Gasteiger partial charge in [-0.2, -0.15) is 5.10 Å². The molecule has 6 heteroatoms. The van der Waals surface area contributed by atoms with Crippen LogP contribution in [-0.2, 0) is 16.0 Å². The average molecular weight is 366 g/mol. The van der Waals surface area contributed by atoms with E-state index in [4.69, 9.17) is 0 Å². The van der Waals surface area contributed by atoms with Crippen LogP contribution in [0.4, 0.5) is 0 Å². The predicted molar refractivity (Wildman–Crippen MR) is 102 cm³/mol. The van der Waals surface area contributed by atoms with Crippen LogP contribution in [-0.4, -0.2) is 45.5 Å². The van der Waals surface area contributed by atoms with Crippen LogP contribution >= 0.6 is 0 Å². The Morgan fingerprint density at radius 2 is 2.00 bits per heavy atom. The van der Waals surface area contributed by atoms with Crippen molar-refractivity contribution >= 4 is 11.8 Å². The lowest BCUT2D eigenvalue weighted by molar-refractivity contribution is -0.133. The molecular formula is C21H26N4O2. The number of hydrogen-bond acceptors (Lipinski definition) is 3. The minimum atomic E-state index is -0.148. The van der Waals surface area contributed by atoms with Crippen molar-refractivity contribution in [2.75, 3.05) is 13.1 Å². The first kappa shape index (κ1) is 17.8. The second-order valence-corrected chi connectivity index (χ2v) is 7.78. The van der Waals surface area contributed by atoms with E-state index in [0.29, 0.717) is 6.42 Å². The van der Waals surface area contributed by atoms with Crippen LogP contribution in [0.15, 0.2) is 42.7 Å². The number of carbonyl (C=O) groups excluding carboxylic acids is 2. The molecule has 2 fully saturated rings. The average Bonchev–Trinajstić information content (AvgIpc) is 3.31. The molecule has 27 heavy (non-hydrogen) atoms. The van der Waals surface area contributed by atoms with Gasteiger partial charge in [0.1, 0.15) is 0 Å². The van der Waals surface area contributed by atoms with Crippen molar-refractivity contribution in [2.24, 2.45) is 0 Å². The van der Waals surface area contributed by atoms with E-state index in [1.807, 2.05) is 41.4 Å². The third kappa shape index (κ3) is 3.89. The number of carbonyl (C=O) groups is 2. The maximum absolute atomic E-state index is 12.5. The zero-order valence-corrected chi connectivity index (χ0v) is 15.5. The van der Waals surface area contributed by atoms with E-state index in [0.717, 1.165) is 56.3 Å². The summed E-state index contributed by atoms with van der Waals surface area (Å²) in [6, 6.07) is 10.0. The molecule has 1 atom stereocenters. The first-order valence-electron chi connectivity index (χ1n) is 9.78. The Morgan fingerprint density at radius 3 is 2.70 bits per heavy atom. The molecule has 142 valence electrons. The van der Waals surface area contributed by atoms with Gasteiger partial charge < -0.3 is 10.2 Å². The smallest absolute Gasteiger partial charge is 0.228 e. The van der Waals surface area contributed by atoms with Crippen molar-refractivity contribution < 1.29 is 9.59 Å². The van der Waals surface area contributed by atoms with Gasteiger partial charge in [-0.3, -0.25) is 14.7 Å². The Bertz CT molecular complexity index is 780. The van der Waals surface area contributed by atoms with Crippen LogP contribution in [0.25, 0.3) is 0 Å². The van der Waals surface area contributed by atoms with Gasteiger partial charge in [0.15, 0.2) is 0 Å². The number of H-pyrrole nitrogens is 1. The molecule has 2 aliphatic heterocycles. The molecule has 0 saturated carbocycles. The minimum absolute atomic E-state index is 0.0663. The number of aromatic amines is 1. The standard InChI is InChI=1S/C21H26N4O2/c26-19(8-4-5-16-14-22-23-15-16)25-11-9-21(10-12-25)13-18(20(27)24-21)17-6-2-1-3-7-17/h1-3,6-7,14-15,18H,4-5,8-13H2,(H,22,23)(H,24,27)/t18-/m1/s1. The normalized spacial score (nSPS) is 21.4. The molecule has 2 aromatic rings. The second-order valence-electron chi connectivity index (χ2n) is 7.78. The van der Waals surface area contributed by atoms with E-state index in [1.165, 1.54) is 0 Å². The van der Waals surface area contributed by atoms with E-state index in [-0.39, 0.29) is 23.3 Å². The maximum atomic E-state index is 12.5. The summed E-state index contributed by atoms with van der Waals surface area (Å²) in [4.78, 5) is 27.0. The Balaban J connectivity index is 1.28. The molecule has 2 aliphatic rings. The molecule has 2 N–H and O–H groups in total. The van der Waals surface area contributed by atoms with Crippen LogP contribution < -0.4 is 5.32 Å². The summed E-state index contributed by atoms with van der Waals surface area (Å²) in [6.45, 7) is 1.46. The lowest BCUT2D eigenvalue weighted by Crippen LogP contribution is -2.52. The summed E-state index contributed by atoms with van der Waals surface area (Å²) in [7, 11) is 0. The largest absolute Gasteiger partial charge is 0.350 e. The summed E-state index contributed by atoms with van der Waals surface area (Å²) < 4.78 is 0. The first-order chi connectivity index (χ1) is 13.2. The summed E-state index contributed by atoms with van der Waals surface area (Å²) in [5.74, 6) is 0.279. The molecule has 1 spiro atoms. The zero-order chi connectivity index (χ0) is 18.7. The van der Waals surface area contributed by atoms with Crippen molar-refractivity contribution in [2.45, 2.75) is 50.0 Å². The molecule has 0 radical (unpaired) electrons. The molecule has 0 bridgehead atoms. The third-order valence-electron chi connectivity index (χ3n) is 5.99. The molecule has 3 heterocycles. The highest BCUT2D eigenvalue weighted by atomic mass is 16.2. The summed E-state index contributed by atoms with van der Waals surface area (Å²) in [6.07, 6.45) is 8.48. The fraction of sp³-hybridized carbons (Fsp3) is 0.476. The van der Waals surface area contributed by atoms with E-state index < -0.39 is 0 Å². The topological polar surface area (TPSA) is 78.1 Å². The number of aromatic nitrogens is 2. The van der Waals surface area contributed by atoms with Crippen LogP contribution in [0.1, 0.15) is 49.1 Å². The van der Waals surface area contributed by atoms with Crippen molar-refractivity contribution in [3.8, 4) is 0 Å². The van der Waals surface area contributed by atoms with Gasteiger partial charge in [0.05, 0.1) is 12.1 Å². The second kappa shape index (κ2) is 7.55. The summed E-state index contributed by atoms with van der Waals surface area (Å²) in [5, 5.41) is 9.98. The van der Waals surface area contributed by atoms with Gasteiger partial charge in [-0.25, -0.2) is 0 Å². The predicted octanol–water partition coefficient (Wildman–Crippen LogP) is 2.40. The minimum Gasteiger partial charge on any atom is -0.350 e. The fourth-order valence-electron chi connectivity index (χ4n) is 4.37. The maximum Gasteiger partial charge on any atom is 0.228 e. The van der Waals surface area contributed by atoms with Gasteiger partial charge in [-0.1, -0.05) is 30.3 Å². The number of amides is 2. The van der Waals surface area contributed by atoms with Crippen molar-refractivity contribution in [1.82, 2.24) is 20.4 Å². The Morgan fingerprint density at radius 1 is 1.22 bits per heavy atom. The summed E-state index contributed by atoms with van der Waals surface area (Å²) in [5.41, 5.74) is 2.08. The summed E-state index contributed by atoms with van der Waals surface area (Å²) >= 11 is 0. The van der Waals surface area contributed by atoms with Crippen molar-refractivity contribution in [3.05, 3.63) is 53.9 Å². The van der Waals surface area contributed by atoms with E-state index in [2.05, 4.69) is 15.5 Å². The molecule has 6 nitrogen and oxygen atoms in total. The van der Waals surface area contributed by atoms with Gasteiger partial charge in [0.2, 0.25) is 11.8 Å². The van der Waals surface area contributed by atoms with Gasteiger partial charge in [0, 0.05) is 31.2 Å². The molecule has 4 rings (SSSR count). The van der Waals surface area contributed by atoms with E-state index in [1.54, 1.807) is 6.20 Å². The Kier molecular flexibility index (Phi) is 4.97. The lowest BCUT2D eigenvalue weighted by Gasteiger charge is -2.39. The number of rotatable bonds is 5. The molecule has 1 aromatic carbocycles. The number of aryl methyl sites for hydroxylation is 1. The fourth-order valence-corrected chi connectivity index (χ4v) is 4.37. The van der Waals surface area contributed by atoms with Gasteiger partial charge in [-0.15, -0.1) is 0 Å². The highest BCUT2D eigenvalue weighted by molar-refractivity contribution is 5.87. The molecule has 1 aromatic heterocycles. The van der Waals surface area contributed by atoms with Gasteiger partial charge >= 0.3 is 0 Å². The third-order valence-corrected chi connectivity index (χ3v) is 5.99. The number of likely N-dealkylation sites (tertiary alicyclic amines) is 1. The van der Waals surface area contributed by atoms with Crippen LogP contribution in [0.5, 0.6) is 0 Å². The number of nitrogens with zero attached hydrogens (tertiary/aromatic N) is 2. The molecule has 0 unspecified atom stereocenters. The number of hydrogen-bond donors (Lipinski definition) is 2. The highest BCUT2D eigenvalue weighted by Crippen LogP contribution is 2.39. The number of benzene rings is 1. The van der Waals surface area contributed by atoms with Crippen LogP contribution in [0.3, 0.4) is 0 Å². The van der Waals surface area contributed by atoms with Crippen molar-refractivity contribution in [1.29, 1.82) is 0 Å². The monoisotopic (exact) mass is 366 g/mol. The zero-order valence-electron chi connectivity index (χ0n) is 15.5. The lowest BCUT2D eigenvalue weighted by atomic mass is 9.82. The first-order valence-corrected chi connectivity index (χ1v) is 9.78. The van der Waals surface area contributed by atoms with Crippen LogP contribution in [0.2, 0.25) is 0 Å². The van der Waals surface area contributed by atoms with Crippen molar-refractivity contribution in [3.63, 3.8) is 0 Å². The van der Waals surface area contributed by atoms with Gasteiger partial charge in [-0.05, 0) is 43.2 Å². The van der Waals surface area contributed by atoms with Crippen LogP contribution in [0, 0.1) is 0 Å². The number of nitrogens with one attached hydrogen (secondary N) is 2.